The molecule has 0 unspecified atom stereocenters. The quantitative estimate of drug-likeness (QED) is 0.773. The Morgan fingerprint density at radius 2 is 2.47 bits per heavy atom. The van der Waals surface area contributed by atoms with Gasteiger partial charge >= 0.3 is 0 Å². The Bertz CT molecular complexity index is 307. The van der Waals surface area contributed by atoms with E-state index in [4.69, 9.17) is 0 Å². The predicted octanol–water partition coefficient (Wildman–Crippen LogP) is 0.256. The molecule has 4 nitrogen and oxygen atoms in total. The van der Waals surface area contributed by atoms with Crippen molar-refractivity contribution in [2.45, 2.75) is 19.4 Å². The van der Waals surface area contributed by atoms with Crippen LogP contribution in [0.15, 0.2) is 12.4 Å². The number of aromatic nitrogens is 2. The van der Waals surface area contributed by atoms with Crippen molar-refractivity contribution in [3.63, 3.8) is 0 Å². The molecular weight excluding hydrogens is 188 g/mol. The van der Waals surface area contributed by atoms with Crippen LogP contribution in [0.3, 0.4) is 0 Å². The van der Waals surface area contributed by atoms with Crippen molar-refractivity contribution >= 4 is 0 Å². The lowest BCUT2D eigenvalue weighted by Crippen LogP contribution is -2.50. The first-order chi connectivity index (χ1) is 7.25. The molecular formula is C11H20N4. The normalized spacial score (nSPS) is 23.2. The SMILES string of the molecule is C[C@H]1CNCCN1CCc1cnn(C)c1. The molecule has 4 heteroatoms. The van der Waals surface area contributed by atoms with E-state index < -0.39 is 0 Å². The summed E-state index contributed by atoms with van der Waals surface area (Å²) in [5.74, 6) is 0. The van der Waals surface area contributed by atoms with Gasteiger partial charge in [-0.25, -0.2) is 0 Å². The third-order valence-electron chi connectivity index (χ3n) is 3.08. The smallest absolute Gasteiger partial charge is 0.0522 e. The van der Waals surface area contributed by atoms with E-state index in [1.54, 1.807) is 0 Å². The van der Waals surface area contributed by atoms with Gasteiger partial charge in [-0.15, -0.1) is 0 Å². The molecule has 1 atom stereocenters. The standard InChI is InChI=1S/C11H20N4/c1-10-7-12-4-6-15(10)5-3-11-8-13-14(2)9-11/h8-10,12H,3-7H2,1-2H3/t10-/m0/s1. The van der Waals surface area contributed by atoms with Gasteiger partial charge in [0, 0.05) is 45.5 Å². The maximum Gasteiger partial charge on any atom is 0.0522 e. The molecule has 0 bridgehead atoms. The molecule has 2 rings (SSSR count). The lowest BCUT2D eigenvalue weighted by Gasteiger charge is -2.33. The summed E-state index contributed by atoms with van der Waals surface area (Å²) in [6.45, 7) is 6.84. The van der Waals surface area contributed by atoms with E-state index in [2.05, 4.69) is 28.4 Å². The molecule has 1 aliphatic heterocycles. The average molecular weight is 208 g/mol. The molecule has 0 amide bonds. The predicted molar refractivity (Wildman–Crippen MR) is 60.8 cm³/mol. The second-order valence-corrected chi connectivity index (χ2v) is 4.36. The minimum absolute atomic E-state index is 0.662. The Morgan fingerprint density at radius 3 is 3.13 bits per heavy atom. The fraction of sp³-hybridized carbons (Fsp3) is 0.727. The Morgan fingerprint density at radius 1 is 1.60 bits per heavy atom. The van der Waals surface area contributed by atoms with E-state index in [0.717, 1.165) is 26.1 Å². The summed E-state index contributed by atoms with van der Waals surface area (Å²) in [6.07, 6.45) is 5.18. The van der Waals surface area contributed by atoms with Gasteiger partial charge in [-0.3, -0.25) is 9.58 Å². The van der Waals surface area contributed by atoms with Crippen LogP contribution < -0.4 is 5.32 Å². The molecule has 0 radical (unpaired) electrons. The number of hydrogen-bond donors (Lipinski definition) is 1. The Balaban J connectivity index is 1.81. The third kappa shape index (κ3) is 2.79. The Hall–Kier alpha value is -0.870. The number of piperazine rings is 1. The fourth-order valence-electron chi connectivity index (χ4n) is 2.09. The van der Waals surface area contributed by atoms with Crippen LogP contribution >= 0.6 is 0 Å². The molecule has 1 aromatic heterocycles. The third-order valence-corrected chi connectivity index (χ3v) is 3.08. The monoisotopic (exact) mass is 208 g/mol. The first-order valence-corrected chi connectivity index (χ1v) is 5.68. The van der Waals surface area contributed by atoms with Crippen LogP contribution in [0, 0.1) is 0 Å². The van der Waals surface area contributed by atoms with Gasteiger partial charge in [-0.05, 0) is 18.9 Å². The van der Waals surface area contributed by atoms with Crippen LogP contribution in [0.2, 0.25) is 0 Å². The molecule has 0 aliphatic carbocycles. The molecule has 1 aliphatic rings. The second-order valence-electron chi connectivity index (χ2n) is 4.36. The molecule has 1 N–H and O–H groups in total. The Kier molecular flexibility index (Phi) is 3.38. The number of nitrogens with zero attached hydrogens (tertiary/aromatic N) is 3. The van der Waals surface area contributed by atoms with Crippen LogP contribution in [0.25, 0.3) is 0 Å². The van der Waals surface area contributed by atoms with Gasteiger partial charge in [0.05, 0.1) is 6.20 Å². The summed E-state index contributed by atoms with van der Waals surface area (Å²) in [5.41, 5.74) is 1.34. The highest BCUT2D eigenvalue weighted by Gasteiger charge is 2.17. The molecule has 0 aromatic carbocycles. The summed E-state index contributed by atoms with van der Waals surface area (Å²) >= 11 is 0. The minimum Gasteiger partial charge on any atom is -0.314 e. The zero-order valence-corrected chi connectivity index (χ0v) is 9.61. The Labute approximate surface area is 91.3 Å². The summed E-state index contributed by atoms with van der Waals surface area (Å²) in [4.78, 5) is 2.55. The van der Waals surface area contributed by atoms with Crippen LogP contribution in [0.1, 0.15) is 12.5 Å². The molecule has 1 saturated heterocycles. The van der Waals surface area contributed by atoms with Crippen molar-refractivity contribution < 1.29 is 0 Å². The molecule has 2 heterocycles. The van der Waals surface area contributed by atoms with Crippen molar-refractivity contribution in [2.24, 2.45) is 7.05 Å². The minimum atomic E-state index is 0.662. The first-order valence-electron chi connectivity index (χ1n) is 5.68. The van der Waals surface area contributed by atoms with Crippen LogP contribution in [0.5, 0.6) is 0 Å². The molecule has 84 valence electrons. The highest BCUT2D eigenvalue weighted by Crippen LogP contribution is 2.05. The van der Waals surface area contributed by atoms with Gasteiger partial charge < -0.3 is 5.32 Å². The van der Waals surface area contributed by atoms with Crippen molar-refractivity contribution in [1.29, 1.82) is 0 Å². The summed E-state index contributed by atoms with van der Waals surface area (Å²) in [5, 5.41) is 7.59. The largest absolute Gasteiger partial charge is 0.314 e. The van der Waals surface area contributed by atoms with Gasteiger partial charge in [0.1, 0.15) is 0 Å². The molecule has 1 aromatic rings. The van der Waals surface area contributed by atoms with Gasteiger partial charge in [-0.2, -0.15) is 5.10 Å². The summed E-state index contributed by atoms with van der Waals surface area (Å²) < 4.78 is 1.87. The zero-order valence-electron chi connectivity index (χ0n) is 9.61. The second kappa shape index (κ2) is 4.77. The molecule has 0 spiro atoms. The van der Waals surface area contributed by atoms with E-state index in [1.165, 1.54) is 12.1 Å². The van der Waals surface area contributed by atoms with E-state index in [-0.39, 0.29) is 0 Å². The lowest BCUT2D eigenvalue weighted by molar-refractivity contribution is 0.176. The van der Waals surface area contributed by atoms with E-state index in [0.29, 0.717) is 6.04 Å². The molecule has 15 heavy (non-hydrogen) atoms. The van der Waals surface area contributed by atoms with Crippen molar-refractivity contribution in [3.8, 4) is 0 Å². The van der Waals surface area contributed by atoms with Crippen molar-refractivity contribution in [1.82, 2.24) is 20.0 Å². The van der Waals surface area contributed by atoms with E-state index in [1.807, 2.05) is 17.9 Å². The highest BCUT2D eigenvalue weighted by atomic mass is 15.2. The zero-order chi connectivity index (χ0) is 10.7. The molecule has 0 saturated carbocycles. The number of nitrogens with one attached hydrogen (secondary N) is 1. The first kappa shape index (κ1) is 10.6. The highest BCUT2D eigenvalue weighted by molar-refractivity contribution is 5.04. The topological polar surface area (TPSA) is 33.1 Å². The fourth-order valence-corrected chi connectivity index (χ4v) is 2.09. The van der Waals surface area contributed by atoms with Crippen LogP contribution in [-0.2, 0) is 13.5 Å². The van der Waals surface area contributed by atoms with E-state index in [9.17, 15) is 0 Å². The summed E-state index contributed by atoms with van der Waals surface area (Å²) in [6, 6.07) is 0.662. The van der Waals surface area contributed by atoms with E-state index >= 15 is 0 Å². The maximum atomic E-state index is 4.19. The lowest BCUT2D eigenvalue weighted by atomic mass is 10.2. The van der Waals surface area contributed by atoms with Crippen molar-refractivity contribution in [2.75, 3.05) is 26.2 Å². The average Bonchev–Trinajstić information content (AvgIpc) is 2.63. The van der Waals surface area contributed by atoms with Gasteiger partial charge in [0.2, 0.25) is 0 Å². The molecule has 1 fully saturated rings. The van der Waals surface area contributed by atoms with Gasteiger partial charge in [0.15, 0.2) is 0 Å². The van der Waals surface area contributed by atoms with Crippen molar-refractivity contribution in [3.05, 3.63) is 18.0 Å². The summed E-state index contributed by atoms with van der Waals surface area (Å²) in [7, 11) is 1.97. The van der Waals surface area contributed by atoms with Crippen LogP contribution in [0.4, 0.5) is 0 Å². The van der Waals surface area contributed by atoms with Gasteiger partial charge in [-0.1, -0.05) is 0 Å². The maximum absolute atomic E-state index is 4.19. The number of rotatable bonds is 3. The van der Waals surface area contributed by atoms with Gasteiger partial charge in [0.25, 0.3) is 0 Å². The number of aryl methyl sites for hydroxylation is 1. The number of hydrogen-bond acceptors (Lipinski definition) is 3. The van der Waals surface area contributed by atoms with Crippen LogP contribution in [-0.4, -0.2) is 46.9 Å².